The third-order valence-corrected chi connectivity index (χ3v) is 5.10. The average Bonchev–Trinajstić information content (AvgIpc) is 2.50. The van der Waals surface area contributed by atoms with Crippen molar-refractivity contribution in [3.8, 4) is 0 Å². The van der Waals surface area contributed by atoms with E-state index < -0.39 is 16.6 Å². The second-order valence-corrected chi connectivity index (χ2v) is 6.81. The molecule has 1 heterocycles. The third-order valence-electron chi connectivity index (χ3n) is 5.10. The smallest absolute Gasteiger partial charge is 0.153 e. The maximum atomic E-state index is 13.1. The molecule has 0 radical (unpaired) electrons. The summed E-state index contributed by atoms with van der Waals surface area (Å²) in [6, 6.07) is 0. The van der Waals surface area contributed by atoms with Gasteiger partial charge in [0.1, 0.15) is 0 Å². The predicted octanol–water partition coefficient (Wildman–Crippen LogP) is 2.14. The number of ether oxygens (including phenoxy) is 1. The molecule has 0 amide bonds. The Morgan fingerprint density at radius 3 is 2.43 bits per heavy atom. The minimum atomic E-state index is -1.28. The van der Waals surface area contributed by atoms with Crippen molar-refractivity contribution in [2.45, 2.75) is 39.8 Å². The molecule has 21 heavy (non-hydrogen) atoms. The molecule has 4 nitrogen and oxygen atoms in total. The molecule has 1 aliphatic carbocycles. The Balaban J connectivity index is 2.41. The third kappa shape index (κ3) is 2.60. The maximum Gasteiger partial charge on any atom is 0.153 e. The van der Waals surface area contributed by atoms with Crippen LogP contribution in [0.15, 0.2) is 24.3 Å². The molecule has 0 spiro atoms. The number of hydrogen-bond donors (Lipinski definition) is 1. The van der Waals surface area contributed by atoms with Gasteiger partial charge >= 0.3 is 0 Å². The van der Waals surface area contributed by atoms with E-state index in [-0.39, 0.29) is 5.78 Å². The summed E-state index contributed by atoms with van der Waals surface area (Å²) in [6.07, 6.45) is 8.03. The molecule has 2 atom stereocenters. The first kappa shape index (κ1) is 16.4. The molecule has 0 aromatic heterocycles. The van der Waals surface area contributed by atoms with E-state index in [1.165, 1.54) is 0 Å². The Bertz CT molecular complexity index is 463. The van der Waals surface area contributed by atoms with Gasteiger partial charge in [0.15, 0.2) is 11.5 Å². The Labute approximate surface area is 127 Å². The first-order valence-corrected chi connectivity index (χ1v) is 7.75. The summed E-state index contributed by atoms with van der Waals surface area (Å²) in [4.78, 5) is 15.1. The quantitative estimate of drug-likeness (QED) is 0.863. The Kier molecular flexibility index (Phi) is 4.43. The van der Waals surface area contributed by atoms with Crippen LogP contribution >= 0.6 is 0 Å². The van der Waals surface area contributed by atoms with Gasteiger partial charge in [-0.3, -0.25) is 9.69 Å². The van der Waals surface area contributed by atoms with Gasteiger partial charge in [-0.1, -0.05) is 39.0 Å². The van der Waals surface area contributed by atoms with Crippen molar-refractivity contribution in [1.29, 1.82) is 0 Å². The van der Waals surface area contributed by atoms with Crippen molar-refractivity contribution in [1.82, 2.24) is 4.90 Å². The van der Waals surface area contributed by atoms with Crippen molar-refractivity contribution in [3.63, 3.8) is 0 Å². The van der Waals surface area contributed by atoms with E-state index in [2.05, 4.69) is 0 Å². The lowest BCUT2D eigenvalue weighted by molar-refractivity contribution is -0.179. The van der Waals surface area contributed by atoms with Crippen LogP contribution in [-0.2, 0) is 9.53 Å². The summed E-state index contributed by atoms with van der Waals surface area (Å²) < 4.78 is 5.37. The number of rotatable bonds is 4. The number of ketones is 1. The standard InChI is InChI=1S/C17H27NO3/c1-5-15(2,3)14(19)16(4)8-6-7-9-17(16,20)18-10-12-21-13-11-18/h6-9,20H,5,10-13H2,1-4H3. The van der Waals surface area contributed by atoms with Crippen LogP contribution in [0.4, 0.5) is 0 Å². The van der Waals surface area contributed by atoms with Gasteiger partial charge in [0.25, 0.3) is 0 Å². The first-order chi connectivity index (χ1) is 9.78. The summed E-state index contributed by atoms with van der Waals surface area (Å²) in [6.45, 7) is 10.2. The number of Topliss-reactive ketones (excluding diaryl/α,β-unsaturated/α-hetero) is 1. The number of carbonyl (C=O) groups is 1. The lowest BCUT2D eigenvalue weighted by Gasteiger charge is -2.51. The van der Waals surface area contributed by atoms with Crippen LogP contribution in [0.3, 0.4) is 0 Å². The average molecular weight is 293 g/mol. The maximum absolute atomic E-state index is 13.1. The largest absolute Gasteiger partial charge is 0.379 e. The van der Waals surface area contributed by atoms with E-state index in [1.807, 2.05) is 50.8 Å². The topological polar surface area (TPSA) is 49.8 Å². The number of morpholine rings is 1. The Hall–Kier alpha value is -0.970. The van der Waals surface area contributed by atoms with E-state index in [0.717, 1.165) is 6.42 Å². The van der Waals surface area contributed by atoms with Crippen molar-refractivity contribution >= 4 is 5.78 Å². The zero-order valence-corrected chi connectivity index (χ0v) is 13.6. The molecule has 0 saturated carbocycles. The molecule has 118 valence electrons. The molecular weight excluding hydrogens is 266 g/mol. The van der Waals surface area contributed by atoms with Crippen molar-refractivity contribution in [2.24, 2.45) is 10.8 Å². The van der Waals surface area contributed by atoms with Gasteiger partial charge in [0.2, 0.25) is 0 Å². The van der Waals surface area contributed by atoms with Gasteiger partial charge in [0, 0.05) is 18.5 Å². The van der Waals surface area contributed by atoms with Gasteiger partial charge < -0.3 is 9.84 Å². The highest BCUT2D eigenvalue weighted by Gasteiger charge is 2.56. The van der Waals surface area contributed by atoms with Gasteiger partial charge in [-0.15, -0.1) is 0 Å². The van der Waals surface area contributed by atoms with Crippen molar-refractivity contribution in [2.75, 3.05) is 26.3 Å². The monoisotopic (exact) mass is 293 g/mol. The fraction of sp³-hybridized carbons (Fsp3) is 0.706. The lowest BCUT2D eigenvalue weighted by Crippen LogP contribution is -2.64. The van der Waals surface area contributed by atoms with Crippen LogP contribution in [0.2, 0.25) is 0 Å². The van der Waals surface area contributed by atoms with Crippen LogP contribution < -0.4 is 0 Å². The van der Waals surface area contributed by atoms with Gasteiger partial charge in [-0.2, -0.15) is 0 Å². The number of hydrogen-bond acceptors (Lipinski definition) is 4. The molecular formula is C17H27NO3. The summed E-state index contributed by atoms with van der Waals surface area (Å²) in [5.41, 5.74) is -2.70. The number of carbonyl (C=O) groups excluding carboxylic acids is 1. The molecule has 1 saturated heterocycles. The second kappa shape index (κ2) is 5.67. The van der Waals surface area contributed by atoms with Crippen LogP contribution in [0.5, 0.6) is 0 Å². The highest BCUT2D eigenvalue weighted by Crippen LogP contribution is 2.45. The fourth-order valence-corrected chi connectivity index (χ4v) is 3.18. The van der Waals surface area contributed by atoms with Crippen molar-refractivity contribution < 1.29 is 14.6 Å². The molecule has 0 aromatic rings. The van der Waals surface area contributed by atoms with Crippen molar-refractivity contribution in [3.05, 3.63) is 24.3 Å². The highest BCUT2D eigenvalue weighted by atomic mass is 16.5. The van der Waals surface area contributed by atoms with Crippen LogP contribution in [0.25, 0.3) is 0 Å². The molecule has 0 bridgehead atoms. The first-order valence-electron chi connectivity index (χ1n) is 7.75. The molecule has 4 heteroatoms. The van der Waals surface area contributed by atoms with Crippen LogP contribution in [-0.4, -0.2) is 47.8 Å². The Morgan fingerprint density at radius 2 is 1.86 bits per heavy atom. The number of allylic oxidation sites excluding steroid dienone is 2. The number of nitrogens with zero attached hydrogens (tertiary/aromatic N) is 1. The van der Waals surface area contributed by atoms with Gasteiger partial charge in [-0.25, -0.2) is 0 Å². The SMILES string of the molecule is CCC(C)(C)C(=O)C1(C)C=CC=CC1(O)N1CCOCC1. The highest BCUT2D eigenvalue weighted by molar-refractivity contribution is 5.93. The lowest BCUT2D eigenvalue weighted by atomic mass is 9.64. The molecule has 1 N–H and O–H groups in total. The molecule has 1 aliphatic heterocycles. The Morgan fingerprint density at radius 1 is 1.29 bits per heavy atom. The van der Waals surface area contributed by atoms with E-state index >= 15 is 0 Å². The summed E-state index contributed by atoms with van der Waals surface area (Å²) in [7, 11) is 0. The van der Waals surface area contributed by atoms with E-state index in [0.29, 0.717) is 26.3 Å². The van der Waals surface area contributed by atoms with Crippen LogP contribution in [0, 0.1) is 10.8 Å². The zero-order valence-electron chi connectivity index (χ0n) is 13.6. The van der Waals surface area contributed by atoms with E-state index in [9.17, 15) is 9.90 Å². The summed E-state index contributed by atoms with van der Waals surface area (Å²) in [5.74, 6) is 0.0760. The zero-order chi connectivity index (χ0) is 15.7. The van der Waals surface area contributed by atoms with Crippen LogP contribution in [0.1, 0.15) is 34.1 Å². The molecule has 2 aliphatic rings. The van der Waals surface area contributed by atoms with E-state index in [1.54, 1.807) is 6.08 Å². The molecule has 0 aromatic carbocycles. The molecule has 2 rings (SSSR count). The molecule has 1 fully saturated rings. The van der Waals surface area contributed by atoms with Gasteiger partial charge in [0.05, 0.1) is 18.6 Å². The fourth-order valence-electron chi connectivity index (χ4n) is 3.18. The minimum Gasteiger partial charge on any atom is -0.379 e. The summed E-state index contributed by atoms with van der Waals surface area (Å²) >= 11 is 0. The second-order valence-electron chi connectivity index (χ2n) is 6.81. The van der Waals surface area contributed by atoms with E-state index in [4.69, 9.17) is 4.74 Å². The van der Waals surface area contributed by atoms with Gasteiger partial charge in [-0.05, 0) is 19.4 Å². The normalized spacial score (nSPS) is 34.1. The minimum absolute atomic E-state index is 0.0760. The molecule has 2 unspecified atom stereocenters. The summed E-state index contributed by atoms with van der Waals surface area (Å²) in [5, 5.41) is 11.4. The number of aliphatic hydroxyl groups is 1. The predicted molar refractivity (Wildman–Crippen MR) is 82.8 cm³/mol.